The van der Waals surface area contributed by atoms with Gasteiger partial charge in [0.25, 0.3) is 0 Å². The largest absolute Gasteiger partial charge is 0.443 e. The highest BCUT2D eigenvalue weighted by molar-refractivity contribution is 7.84. The molecule has 0 radical (unpaired) electrons. The first-order valence-electron chi connectivity index (χ1n) is 5.04. The predicted molar refractivity (Wildman–Crippen MR) is 81.1 cm³/mol. The van der Waals surface area contributed by atoms with E-state index in [1.165, 1.54) is 0 Å². The van der Waals surface area contributed by atoms with E-state index in [0.717, 1.165) is 0 Å². The van der Waals surface area contributed by atoms with E-state index in [1.807, 2.05) is 0 Å². The van der Waals surface area contributed by atoms with Crippen LogP contribution in [0.25, 0.3) is 0 Å². The van der Waals surface area contributed by atoms with E-state index in [2.05, 4.69) is 46.4 Å². The molecule has 198 valence electrons. The van der Waals surface area contributed by atoms with Gasteiger partial charge in [-0.25, -0.2) is 0 Å². The van der Waals surface area contributed by atoms with Crippen molar-refractivity contribution in [3.05, 3.63) is 0 Å². The van der Waals surface area contributed by atoms with Crippen LogP contribution in [-0.2, 0) is 97.0 Å². The summed E-state index contributed by atoms with van der Waals surface area (Å²) < 4.78 is 171. The van der Waals surface area contributed by atoms with Crippen LogP contribution in [0.15, 0.2) is 0 Å². The molecule has 0 aliphatic rings. The molecule has 0 amide bonds. The van der Waals surface area contributed by atoms with Gasteiger partial charge in [-0.05, 0) is 0 Å². The minimum absolute atomic E-state index is 2.78. The van der Waals surface area contributed by atoms with Crippen molar-refractivity contribution in [3.8, 4) is 0 Å². The molecule has 0 bridgehead atoms. The number of hydrogen-bond donors (Lipinski definition) is 6. The van der Waals surface area contributed by atoms with Crippen LogP contribution in [0.5, 0.6) is 0 Å². The highest BCUT2D eigenvalue weighted by Gasteiger charge is 2.18. The number of rotatable bonds is 11. The minimum Gasteiger partial charge on any atom is -0.262 e. The van der Waals surface area contributed by atoms with Gasteiger partial charge in [-0.1, -0.05) is 26.0 Å². The molecule has 0 saturated heterocycles. The average molecular weight is 612 g/mol. The fraction of sp³-hybridized carbons (Fsp3) is 0. The third kappa shape index (κ3) is 33.8. The van der Waals surface area contributed by atoms with Crippen molar-refractivity contribution in [2.45, 2.75) is 0 Å². The zero-order chi connectivity index (χ0) is 26.7. The Hall–Kier alpha value is -0.860. The maximum atomic E-state index is 9.98. The van der Waals surface area contributed by atoms with E-state index in [4.69, 9.17) is 18.2 Å². The molecule has 0 rings (SSSR count). The van der Waals surface area contributed by atoms with Crippen molar-refractivity contribution in [3.63, 3.8) is 0 Å². The van der Waals surface area contributed by atoms with Crippen LogP contribution in [-0.4, -0.2) is 68.7 Å². The van der Waals surface area contributed by atoms with E-state index in [-0.39, 0.29) is 0 Å². The van der Waals surface area contributed by atoms with E-state index in [0.29, 0.717) is 0 Å². The van der Waals surface area contributed by atoms with E-state index in [9.17, 15) is 50.5 Å². The fourth-order valence-electron chi connectivity index (χ4n) is 0.241. The van der Waals surface area contributed by atoms with Gasteiger partial charge in [-0.2, -0.15) is 70.9 Å². The Morgan fingerprint density at radius 1 is 0.375 bits per heavy atom. The van der Waals surface area contributed by atoms with Gasteiger partial charge < -0.3 is 0 Å². The van der Waals surface area contributed by atoms with Crippen molar-refractivity contribution in [1.82, 2.24) is 0 Å². The molecule has 0 aromatic heterocycles. The van der Waals surface area contributed by atoms with Crippen molar-refractivity contribution in [2.75, 3.05) is 0 Å². The number of nitrogens with two attached hydrogens (primary N) is 2. The van der Waals surface area contributed by atoms with Gasteiger partial charge >= 0.3 is 62.4 Å². The molecule has 0 fully saturated rings. The predicted octanol–water partition coefficient (Wildman–Crippen LogP) is -5.71. The van der Waals surface area contributed by atoms with Crippen molar-refractivity contribution in [1.29, 1.82) is 0 Å². The summed E-state index contributed by atoms with van der Waals surface area (Å²) >= 11 is 0. The van der Waals surface area contributed by atoms with Gasteiger partial charge in [0.1, 0.15) is 0 Å². The molecule has 0 aliphatic heterocycles. The van der Waals surface area contributed by atoms with E-state index >= 15 is 0 Å². The zero-order valence-corrected chi connectivity index (χ0v) is 18.5. The van der Waals surface area contributed by atoms with E-state index in [1.54, 1.807) is 0 Å². The summed E-state index contributed by atoms with van der Waals surface area (Å²) in [6.45, 7) is 0. The van der Waals surface area contributed by atoms with Crippen LogP contribution in [0, 0.1) is 0 Å². The molecule has 0 aromatic carbocycles. The summed E-state index contributed by atoms with van der Waals surface area (Å²) in [6.07, 6.45) is 0. The Bertz CT molecular complexity index is 1070. The Morgan fingerprint density at radius 3 is 0.656 bits per heavy atom. The summed E-state index contributed by atoms with van der Waals surface area (Å²) in [7, 11) is -29.5. The zero-order valence-electron chi connectivity index (χ0n) is 13.6. The lowest BCUT2D eigenvalue weighted by molar-refractivity contribution is -0.108. The van der Waals surface area contributed by atoms with Crippen LogP contribution in [0.3, 0.4) is 0 Å². The topological polar surface area (TPSA) is 412 Å². The second-order valence-corrected chi connectivity index (χ2v) is 9.38. The highest BCUT2D eigenvalue weighted by Crippen LogP contribution is 1.97. The lowest BCUT2D eigenvalue weighted by atomic mass is 13.6. The first-order chi connectivity index (χ1) is 13.7. The summed E-state index contributed by atoms with van der Waals surface area (Å²) in [6, 6.07) is 0. The first kappa shape index (κ1) is 35.7. The van der Waals surface area contributed by atoms with Gasteiger partial charge in [-0.15, -0.1) is 0 Å². The Balaban J connectivity index is -0.000000395. The first-order valence-corrected chi connectivity index (χ1v) is 13.2. The van der Waals surface area contributed by atoms with Crippen molar-refractivity contribution >= 4 is 62.4 Å². The smallest absolute Gasteiger partial charge is 0.262 e. The minimum atomic E-state index is -5.02. The van der Waals surface area contributed by atoms with Gasteiger partial charge in [0.05, 0.1) is 0 Å². The summed E-state index contributed by atoms with van der Waals surface area (Å²) in [5.74, 6) is 8.13. The molecule has 0 aromatic rings. The molecular formula is H8N2O24S6. The molecule has 32 heavy (non-hydrogen) atoms. The van der Waals surface area contributed by atoms with Crippen LogP contribution >= 0.6 is 0 Å². The van der Waals surface area contributed by atoms with Gasteiger partial charge in [0.2, 0.25) is 0 Å². The van der Waals surface area contributed by atoms with Crippen LogP contribution in [0.2, 0.25) is 0 Å². The Labute approximate surface area is 177 Å². The molecule has 32 heteroatoms. The van der Waals surface area contributed by atoms with Crippen molar-refractivity contribution in [2.24, 2.45) is 11.8 Å². The molecule has 0 saturated carbocycles. The Kier molecular flexibility index (Phi) is 15.4. The summed E-state index contributed by atoms with van der Waals surface area (Å²) in [4.78, 5) is 0. The molecular weight excluding hydrogens is 604 g/mol. The van der Waals surface area contributed by atoms with Crippen molar-refractivity contribution < 1.29 is 103 Å². The second-order valence-electron chi connectivity index (χ2n) is 3.13. The SMILES string of the molecule is NOS(=O)(=O)OOS(=O)(=O)O.NOS(=O)(=O)OOS(=O)(=O)O.O=S(=O)(O)OOS(=O)(=O)O. The van der Waals surface area contributed by atoms with Crippen LogP contribution in [0.4, 0.5) is 0 Å². The maximum Gasteiger partial charge on any atom is 0.443 e. The van der Waals surface area contributed by atoms with Gasteiger partial charge in [0, 0.05) is 0 Å². The highest BCUT2D eigenvalue weighted by atomic mass is 32.3. The second kappa shape index (κ2) is 13.8. The summed E-state index contributed by atoms with van der Waals surface area (Å²) in [5.41, 5.74) is 0. The molecule has 0 spiro atoms. The van der Waals surface area contributed by atoms with E-state index < -0.39 is 62.4 Å². The average Bonchev–Trinajstić information content (AvgIpc) is 2.56. The maximum absolute atomic E-state index is 9.98. The molecule has 0 unspecified atom stereocenters. The molecule has 0 heterocycles. The lowest BCUT2D eigenvalue weighted by Crippen LogP contribution is -2.16. The van der Waals surface area contributed by atoms with Crippen LogP contribution in [0.1, 0.15) is 0 Å². The quantitative estimate of drug-likeness (QED) is 0.0718. The van der Waals surface area contributed by atoms with Gasteiger partial charge in [-0.3, -0.25) is 18.2 Å². The molecule has 0 atom stereocenters. The third-order valence-corrected chi connectivity index (χ3v) is 2.99. The molecule has 8 N–H and O–H groups in total. The Morgan fingerprint density at radius 2 is 0.531 bits per heavy atom. The lowest BCUT2D eigenvalue weighted by Gasteiger charge is -1.96. The van der Waals surface area contributed by atoms with Gasteiger partial charge in [0.15, 0.2) is 0 Å². The van der Waals surface area contributed by atoms with Crippen LogP contribution < -0.4 is 11.8 Å². The third-order valence-electron chi connectivity index (χ3n) is 0.830. The fourth-order valence-corrected chi connectivity index (χ4v) is 1.97. The molecule has 0 aliphatic carbocycles. The number of hydrogen-bond acceptors (Lipinski definition) is 22. The monoisotopic (exact) mass is 612 g/mol. The summed E-state index contributed by atoms with van der Waals surface area (Å²) in [5, 5.41) is 0. The normalized spacial score (nSPS) is 13.3. The standard InChI is InChI=1S/2H3NO8S2.H2O8S2/c2*1-7-11(5,6)9-8-10(2,3)4;1-9(2,3)7-8-10(4,5)6/h2*1H2,(H,2,3,4);(H,1,2,3)(H,4,5,6). The molecule has 26 nitrogen and oxygen atoms in total.